The van der Waals surface area contributed by atoms with Gasteiger partial charge in [0.1, 0.15) is 23.0 Å². The third-order valence-corrected chi connectivity index (χ3v) is 9.48. The molecule has 4 aromatic rings. The molecule has 0 aliphatic heterocycles. The van der Waals surface area contributed by atoms with Gasteiger partial charge in [-0.3, -0.25) is 0 Å². The molecule has 1 aliphatic rings. The van der Waals surface area contributed by atoms with Gasteiger partial charge in [-0.1, -0.05) is 97.2 Å². The van der Waals surface area contributed by atoms with Crippen molar-refractivity contribution in [3.63, 3.8) is 0 Å². The van der Waals surface area contributed by atoms with Crippen molar-refractivity contribution in [3.8, 4) is 23.0 Å². The van der Waals surface area contributed by atoms with Crippen LogP contribution in [0, 0.1) is 13.8 Å². The Bertz CT molecular complexity index is 1530. The SMILES string of the molecule is Cc1c(N)cccc1Oc1ccc(C2(c3ccc(Oc4cccc(N)c4C)c(C(C)(C)C)c3)CCCCC2)cc1C(C)(C)C. The molecule has 4 heteroatoms. The third kappa shape index (κ3) is 6.18. The van der Waals surface area contributed by atoms with Crippen LogP contribution in [-0.4, -0.2) is 0 Å². The number of hydrogen-bond acceptors (Lipinski definition) is 4. The van der Waals surface area contributed by atoms with Gasteiger partial charge in [-0.25, -0.2) is 0 Å². The molecule has 0 saturated heterocycles. The Hall–Kier alpha value is -3.92. The number of ether oxygens (including phenoxy) is 2. The Labute approximate surface area is 264 Å². The molecular weight excluding hydrogens is 540 g/mol. The summed E-state index contributed by atoms with van der Waals surface area (Å²) in [5.41, 5.74) is 20.7. The fourth-order valence-electron chi connectivity index (χ4n) is 6.63. The van der Waals surface area contributed by atoms with E-state index >= 15 is 0 Å². The van der Waals surface area contributed by atoms with Crippen LogP contribution in [0.1, 0.15) is 107 Å². The van der Waals surface area contributed by atoms with Crippen LogP contribution in [0.4, 0.5) is 11.4 Å². The minimum absolute atomic E-state index is 0.0878. The largest absolute Gasteiger partial charge is 0.457 e. The summed E-state index contributed by atoms with van der Waals surface area (Å²) in [7, 11) is 0. The average molecular weight is 591 g/mol. The van der Waals surface area contributed by atoms with Gasteiger partial charge in [0.2, 0.25) is 0 Å². The van der Waals surface area contributed by atoms with Crippen LogP contribution < -0.4 is 20.9 Å². The number of anilines is 2. The van der Waals surface area contributed by atoms with E-state index in [4.69, 9.17) is 20.9 Å². The highest BCUT2D eigenvalue weighted by molar-refractivity contribution is 5.58. The number of benzene rings is 4. The van der Waals surface area contributed by atoms with Crippen LogP contribution in [0.2, 0.25) is 0 Å². The second-order valence-electron chi connectivity index (χ2n) is 14.7. The molecular formula is C40H50N2O2. The van der Waals surface area contributed by atoms with Gasteiger partial charge in [0.15, 0.2) is 0 Å². The minimum atomic E-state index is -0.112. The Kier molecular flexibility index (Phi) is 8.50. The molecule has 0 heterocycles. The van der Waals surface area contributed by atoms with E-state index in [1.807, 2.05) is 50.2 Å². The second kappa shape index (κ2) is 11.9. The van der Waals surface area contributed by atoms with Crippen molar-refractivity contribution in [3.05, 3.63) is 106 Å². The van der Waals surface area contributed by atoms with Crippen molar-refractivity contribution in [1.29, 1.82) is 0 Å². The van der Waals surface area contributed by atoms with Crippen LogP contribution in [0.5, 0.6) is 23.0 Å². The summed E-state index contributed by atoms with van der Waals surface area (Å²) in [5, 5.41) is 0. The molecule has 0 radical (unpaired) electrons. The maximum atomic E-state index is 6.58. The lowest BCUT2D eigenvalue weighted by atomic mass is 9.64. The van der Waals surface area contributed by atoms with Gasteiger partial charge in [-0.05, 0) is 85.0 Å². The lowest BCUT2D eigenvalue weighted by molar-refractivity contribution is 0.343. The highest BCUT2D eigenvalue weighted by Gasteiger charge is 2.38. The van der Waals surface area contributed by atoms with Crippen LogP contribution >= 0.6 is 0 Å². The normalized spacial score (nSPS) is 15.2. The van der Waals surface area contributed by atoms with Gasteiger partial charge >= 0.3 is 0 Å². The highest BCUT2D eigenvalue weighted by Crippen LogP contribution is 2.49. The summed E-state index contributed by atoms with van der Waals surface area (Å²) >= 11 is 0. The molecule has 5 rings (SSSR count). The maximum absolute atomic E-state index is 6.58. The predicted octanol–water partition coefficient (Wildman–Crippen LogP) is 10.9. The van der Waals surface area contributed by atoms with Crippen LogP contribution in [0.25, 0.3) is 0 Å². The topological polar surface area (TPSA) is 70.5 Å². The standard InChI is InChI=1S/C40H50N2O2/c1-26-32(41)14-12-16-34(26)43-36-20-18-28(24-30(36)38(3,4)5)40(22-10-9-11-23-40)29-19-21-37(31(25-29)39(6,7)8)44-35-17-13-15-33(42)27(35)2/h12-21,24-25H,9-11,22-23,41-42H2,1-8H3. The smallest absolute Gasteiger partial charge is 0.132 e. The van der Waals surface area contributed by atoms with Gasteiger partial charge in [0, 0.05) is 39.0 Å². The molecule has 1 fully saturated rings. The monoisotopic (exact) mass is 590 g/mol. The zero-order valence-electron chi connectivity index (χ0n) is 27.9. The highest BCUT2D eigenvalue weighted by atomic mass is 16.5. The molecule has 1 aliphatic carbocycles. The van der Waals surface area contributed by atoms with E-state index in [9.17, 15) is 0 Å². The molecule has 4 aromatic carbocycles. The van der Waals surface area contributed by atoms with Crippen molar-refractivity contribution in [2.75, 3.05) is 11.5 Å². The van der Waals surface area contributed by atoms with Crippen LogP contribution in [0.15, 0.2) is 72.8 Å². The van der Waals surface area contributed by atoms with Crippen LogP contribution in [0.3, 0.4) is 0 Å². The van der Waals surface area contributed by atoms with Gasteiger partial charge in [0.25, 0.3) is 0 Å². The van der Waals surface area contributed by atoms with Crippen LogP contribution in [-0.2, 0) is 16.2 Å². The summed E-state index contributed by atoms with van der Waals surface area (Å²) in [6.45, 7) is 17.6. The van der Waals surface area contributed by atoms with E-state index in [2.05, 4.69) is 77.9 Å². The molecule has 4 N–H and O–H groups in total. The summed E-state index contributed by atoms with van der Waals surface area (Å²) in [6.07, 6.45) is 5.91. The minimum Gasteiger partial charge on any atom is -0.457 e. The zero-order valence-corrected chi connectivity index (χ0v) is 27.9. The number of hydrogen-bond donors (Lipinski definition) is 2. The van der Waals surface area contributed by atoms with E-state index in [0.29, 0.717) is 0 Å². The molecule has 44 heavy (non-hydrogen) atoms. The molecule has 4 nitrogen and oxygen atoms in total. The molecule has 232 valence electrons. The van der Waals surface area contributed by atoms with Crippen molar-refractivity contribution in [1.82, 2.24) is 0 Å². The average Bonchev–Trinajstić information content (AvgIpc) is 2.97. The van der Waals surface area contributed by atoms with Crippen molar-refractivity contribution in [2.24, 2.45) is 0 Å². The first-order valence-electron chi connectivity index (χ1n) is 16.1. The molecule has 0 spiro atoms. The quantitative estimate of drug-likeness (QED) is 0.219. The first kappa shape index (κ1) is 31.5. The summed E-state index contributed by atoms with van der Waals surface area (Å²) in [4.78, 5) is 0. The van der Waals surface area contributed by atoms with Gasteiger partial charge in [-0.15, -0.1) is 0 Å². The van der Waals surface area contributed by atoms with E-state index in [1.165, 1.54) is 41.5 Å². The maximum Gasteiger partial charge on any atom is 0.132 e. The third-order valence-electron chi connectivity index (χ3n) is 9.48. The van der Waals surface area contributed by atoms with Gasteiger partial charge in [-0.2, -0.15) is 0 Å². The Morgan fingerprint density at radius 3 is 1.34 bits per heavy atom. The van der Waals surface area contributed by atoms with Crippen molar-refractivity contribution in [2.45, 2.75) is 104 Å². The fraction of sp³-hybridized carbons (Fsp3) is 0.400. The second-order valence-corrected chi connectivity index (χ2v) is 14.7. The number of rotatable bonds is 6. The van der Waals surface area contributed by atoms with E-state index in [-0.39, 0.29) is 16.2 Å². The molecule has 0 atom stereocenters. The summed E-state index contributed by atoms with van der Waals surface area (Å²) in [5.74, 6) is 3.38. The summed E-state index contributed by atoms with van der Waals surface area (Å²) < 4.78 is 13.2. The molecule has 0 aromatic heterocycles. The Balaban J connectivity index is 1.62. The van der Waals surface area contributed by atoms with Crippen molar-refractivity contribution >= 4 is 11.4 Å². The summed E-state index contributed by atoms with van der Waals surface area (Å²) in [6, 6.07) is 25.5. The predicted molar refractivity (Wildman–Crippen MR) is 185 cm³/mol. The molecule has 0 bridgehead atoms. The lowest BCUT2D eigenvalue weighted by Gasteiger charge is -2.40. The zero-order chi connectivity index (χ0) is 31.9. The molecule has 0 amide bonds. The first-order chi connectivity index (χ1) is 20.7. The van der Waals surface area contributed by atoms with Crippen molar-refractivity contribution < 1.29 is 9.47 Å². The Morgan fingerprint density at radius 1 is 0.545 bits per heavy atom. The fourth-order valence-corrected chi connectivity index (χ4v) is 6.63. The van der Waals surface area contributed by atoms with Gasteiger partial charge in [0.05, 0.1) is 0 Å². The van der Waals surface area contributed by atoms with E-state index < -0.39 is 0 Å². The Morgan fingerprint density at radius 2 is 0.955 bits per heavy atom. The number of nitrogens with two attached hydrogens (primary N) is 2. The van der Waals surface area contributed by atoms with Gasteiger partial charge < -0.3 is 20.9 Å². The molecule has 1 saturated carbocycles. The van der Waals surface area contributed by atoms with E-state index in [1.54, 1.807) is 0 Å². The molecule has 0 unspecified atom stereocenters. The van der Waals surface area contributed by atoms with E-state index in [0.717, 1.165) is 58.3 Å². The first-order valence-corrected chi connectivity index (χ1v) is 16.1. The number of nitrogen functional groups attached to an aromatic ring is 2. The lowest BCUT2D eigenvalue weighted by Crippen LogP contribution is -2.31.